The van der Waals surface area contributed by atoms with E-state index in [1.54, 1.807) is 13.8 Å². The number of hydrogen-bond donors (Lipinski definition) is 2. The van der Waals surface area contributed by atoms with E-state index in [0.29, 0.717) is 63.2 Å². The van der Waals surface area contributed by atoms with Gasteiger partial charge in [0.2, 0.25) is 0 Å². The largest absolute Gasteiger partial charge is 0.460 e. The number of hydrogen-bond acceptors (Lipinski definition) is 14. The molecule has 0 heterocycles. The van der Waals surface area contributed by atoms with Crippen molar-refractivity contribution in [3.05, 3.63) is 24.3 Å². The van der Waals surface area contributed by atoms with Gasteiger partial charge < -0.3 is 48.5 Å². The Morgan fingerprint density at radius 2 is 0.812 bits per heavy atom. The Kier molecular flexibility index (Phi) is 22.4. The van der Waals surface area contributed by atoms with Crippen molar-refractivity contribution < 1.29 is 65.5 Å². The summed E-state index contributed by atoms with van der Waals surface area (Å²) in [5.41, 5.74) is 0.554. The molecule has 0 aromatic rings. The van der Waals surface area contributed by atoms with Gasteiger partial charge in [0.1, 0.15) is 13.2 Å². The average molecular weight is 993 g/mol. The van der Waals surface area contributed by atoms with Crippen LogP contribution in [0.5, 0.6) is 0 Å². The van der Waals surface area contributed by atoms with Gasteiger partial charge in [0.15, 0.2) is 22.0 Å². The van der Waals surface area contributed by atoms with Crippen molar-refractivity contribution in [1.29, 1.82) is 0 Å². The van der Waals surface area contributed by atoms with Gasteiger partial charge in [-0.05, 0) is 127 Å². The summed E-state index contributed by atoms with van der Waals surface area (Å²) in [5, 5.41) is 4.38. The Hall–Kier alpha value is -3.25. The summed E-state index contributed by atoms with van der Waals surface area (Å²) in [6.07, 6.45) is 18.2. The Bertz CT molecular complexity index is 1660. The maximum absolute atomic E-state index is 14.0. The minimum absolute atomic E-state index is 0.0145. The molecule has 0 aromatic carbocycles. The van der Waals surface area contributed by atoms with Crippen molar-refractivity contribution >= 4 is 34.0 Å². The van der Waals surface area contributed by atoms with Gasteiger partial charge in [-0.3, -0.25) is 0 Å². The van der Waals surface area contributed by atoms with E-state index in [4.69, 9.17) is 37.9 Å². The van der Waals surface area contributed by atoms with E-state index >= 15 is 0 Å². The highest BCUT2D eigenvalue weighted by atomic mass is 32.2. The van der Waals surface area contributed by atoms with Crippen molar-refractivity contribution in [1.82, 2.24) is 10.6 Å². The molecule has 6 fully saturated rings. The molecule has 0 bridgehead atoms. The van der Waals surface area contributed by atoms with E-state index in [9.17, 15) is 27.6 Å². The number of nitrogens with one attached hydrogen (secondary N) is 2. The molecule has 392 valence electrons. The number of esters is 2. The summed E-state index contributed by atoms with van der Waals surface area (Å²) >= 11 is 0. The van der Waals surface area contributed by atoms with Crippen LogP contribution in [0.4, 0.5) is 9.59 Å². The summed E-state index contributed by atoms with van der Waals surface area (Å²) in [5.74, 6) is 1.90. The summed E-state index contributed by atoms with van der Waals surface area (Å²) in [7, 11) is -3.41. The van der Waals surface area contributed by atoms with Crippen LogP contribution in [0.3, 0.4) is 0 Å². The molecular weight excluding hydrogens is 909 g/mol. The standard InChI is InChI=1S/C52H84N2O14S/c1-35(2)49(55)61-27-25-53-51(57)67-45(33-65-43-15-13-37-9-5-7-11-39(37)29-43)31-63-41-17-21-47(22-18-41)69(59,60)48-23-19-42(20-24-48)64-32-46(68-52(58)54-26-28-62-50(56)36(3)4)34-66-44-16-14-38-10-6-8-12-40(38)30-44/h37-48H,1,3,5-34H2,2,4H3,(H,53,57)(H,54,58). The molecule has 17 heteroatoms. The monoisotopic (exact) mass is 993 g/mol. The van der Waals surface area contributed by atoms with E-state index in [2.05, 4.69) is 23.8 Å². The van der Waals surface area contributed by atoms with Crippen LogP contribution in [-0.2, 0) is 57.3 Å². The fourth-order valence-corrected chi connectivity index (χ4v) is 14.1. The normalized spacial score (nSPS) is 30.2. The Morgan fingerprint density at radius 3 is 1.17 bits per heavy atom. The predicted octanol–water partition coefficient (Wildman–Crippen LogP) is 8.24. The lowest BCUT2D eigenvalue weighted by atomic mass is 9.70. The third kappa shape index (κ3) is 18.1. The molecule has 6 aliphatic rings. The second kappa shape index (κ2) is 28.1. The van der Waals surface area contributed by atoms with Crippen LogP contribution in [0.2, 0.25) is 0 Å². The topological polar surface area (TPSA) is 200 Å². The highest BCUT2D eigenvalue weighted by Gasteiger charge is 2.40. The van der Waals surface area contributed by atoms with E-state index < -0.39 is 56.7 Å². The van der Waals surface area contributed by atoms with Crippen molar-refractivity contribution in [3.8, 4) is 0 Å². The zero-order valence-electron chi connectivity index (χ0n) is 41.7. The molecule has 0 spiro atoms. The van der Waals surface area contributed by atoms with E-state index in [1.807, 2.05) is 0 Å². The number of carbonyl (C=O) groups excluding carboxylic acids is 4. The fourth-order valence-electron chi connectivity index (χ4n) is 11.7. The zero-order valence-corrected chi connectivity index (χ0v) is 42.5. The number of rotatable bonds is 24. The molecule has 8 unspecified atom stereocenters. The van der Waals surface area contributed by atoms with Crippen LogP contribution in [0, 0.1) is 23.7 Å². The molecular formula is C52H84N2O14S. The lowest BCUT2D eigenvalue weighted by Crippen LogP contribution is -2.41. The Labute approximate surface area is 411 Å². The number of ether oxygens (including phenoxy) is 8. The van der Waals surface area contributed by atoms with E-state index in [0.717, 1.165) is 50.4 Å². The smallest absolute Gasteiger partial charge is 0.407 e. The molecule has 16 nitrogen and oxygen atoms in total. The third-order valence-electron chi connectivity index (χ3n) is 15.7. The maximum Gasteiger partial charge on any atom is 0.407 e. The third-order valence-corrected chi connectivity index (χ3v) is 18.5. The van der Waals surface area contributed by atoms with E-state index in [1.165, 1.54) is 51.4 Å². The minimum atomic E-state index is -3.41. The first-order valence-electron chi connectivity index (χ1n) is 26.5. The van der Waals surface area contributed by atoms with Crippen LogP contribution in [0.15, 0.2) is 24.3 Å². The van der Waals surface area contributed by atoms with Gasteiger partial charge >= 0.3 is 24.1 Å². The number of carbonyl (C=O) groups is 4. The van der Waals surface area contributed by atoms with Crippen LogP contribution in [0.25, 0.3) is 0 Å². The first-order valence-corrected chi connectivity index (χ1v) is 28.1. The van der Waals surface area contributed by atoms with Crippen molar-refractivity contribution in [2.75, 3.05) is 52.7 Å². The van der Waals surface area contributed by atoms with Gasteiger partial charge in [-0.1, -0.05) is 64.5 Å². The minimum Gasteiger partial charge on any atom is -0.460 e. The summed E-state index contributed by atoms with van der Waals surface area (Å²) in [4.78, 5) is 49.1. The molecule has 2 amide bonds. The number of fused-ring (bicyclic) bond motifs is 2. The molecule has 6 saturated carbocycles. The van der Waals surface area contributed by atoms with Crippen LogP contribution in [-0.4, -0.2) is 132 Å². The molecule has 0 saturated heterocycles. The molecule has 6 rings (SSSR count). The molecule has 8 atom stereocenters. The Balaban J connectivity index is 0.923. The van der Waals surface area contributed by atoms with Gasteiger partial charge in [-0.25, -0.2) is 27.6 Å². The summed E-state index contributed by atoms with van der Waals surface area (Å²) in [6, 6.07) is 0. The quantitative estimate of drug-likeness (QED) is 0.0405. The maximum atomic E-state index is 14.0. The van der Waals surface area contributed by atoms with Crippen LogP contribution < -0.4 is 10.6 Å². The van der Waals surface area contributed by atoms with Gasteiger partial charge in [-0.2, -0.15) is 0 Å². The molecule has 0 aliphatic heterocycles. The number of amides is 2. The van der Waals surface area contributed by atoms with Crippen molar-refractivity contribution in [2.45, 2.75) is 202 Å². The van der Waals surface area contributed by atoms with Crippen molar-refractivity contribution in [2.24, 2.45) is 23.7 Å². The van der Waals surface area contributed by atoms with Crippen LogP contribution in [0.1, 0.15) is 155 Å². The highest BCUT2D eigenvalue weighted by molar-refractivity contribution is 7.92. The van der Waals surface area contributed by atoms with Crippen molar-refractivity contribution in [3.63, 3.8) is 0 Å². The highest BCUT2D eigenvalue weighted by Crippen LogP contribution is 2.43. The summed E-state index contributed by atoms with van der Waals surface area (Å²) in [6.45, 7) is 11.0. The molecule has 6 aliphatic carbocycles. The first kappa shape index (κ1) is 55.1. The molecule has 69 heavy (non-hydrogen) atoms. The predicted molar refractivity (Wildman–Crippen MR) is 259 cm³/mol. The Morgan fingerprint density at radius 1 is 0.478 bits per heavy atom. The lowest BCUT2D eigenvalue weighted by Gasteiger charge is -2.39. The second-order valence-electron chi connectivity index (χ2n) is 20.9. The first-order chi connectivity index (χ1) is 33.2. The molecule has 2 N–H and O–H groups in total. The van der Waals surface area contributed by atoms with Crippen LogP contribution >= 0.6 is 0 Å². The number of sulfone groups is 1. The van der Waals surface area contributed by atoms with Gasteiger partial charge in [0, 0.05) is 11.1 Å². The van der Waals surface area contributed by atoms with Gasteiger partial charge in [0.25, 0.3) is 0 Å². The fraction of sp³-hybridized carbons (Fsp3) is 0.846. The van der Waals surface area contributed by atoms with Gasteiger partial charge in [0.05, 0.1) is 74.4 Å². The van der Waals surface area contributed by atoms with Gasteiger partial charge in [-0.15, -0.1) is 0 Å². The number of alkyl carbamates (subject to hydrolysis) is 2. The lowest BCUT2D eigenvalue weighted by molar-refractivity contribution is -0.139. The second-order valence-corrected chi connectivity index (χ2v) is 23.5. The molecule has 0 aromatic heterocycles. The zero-order chi connectivity index (χ0) is 49.2. The summed E-state index contributed by atoms with van der Waals surface area (Å²) < 4.78 is 75.2. The average Bonchev–Trinajstić information content (AvgIpc) is 3.35. The van der Waals surface area contributed by atoms with E-state index in [-0.39, 0.29) is 88.3 Å². The molecule has 0 radical (unpaired) electrons. The SMILES string of the molecule is C=C(C)C(=O)OCCNC(=O)OC(COC1CCC(S(=O)(=O)C2CCC(OCC(COC3CCC4CCCCC4C3)OC(=O)NCCOC(=O)C(=C)C)CC2)CC1)COC1CCC2CCCCC2C1.